The highest BCUT2D eigenvalue weighted by atomic mass is 16.6. The maximum Gasteiger partial charge on any atom is 0.407 e. The Bertz CT molecular complexity index is 257. The standard InChI is InChI=1S/C13H27N3O2/c1-10(16-11-6-5-7-14-9-11)8-15-12(17)18-13(2,3)4/h10-11,14,16H,5-9H2,1-4H3,(H,15,17). The predicted octanol–water partition coefficient (Wildman–Crippen LogP) is 1.24. The maximum absolute atomic E-state index is 11.5. The van der Waals surface area contributed by atoms with Crippen molar-refractivity contribution in [3.63, 3.8) is 0 Å². The SMILES string of the molecule is CC(CNC(=O)OC(C)(C)C)NC1CCCNC1. The number of nitrogens with one attached hydrogen (secondary N) is 3. The molecule has 1 saturated heterocycles. The van der Waals surface area contributed by atoms with E-state index in [0.29, 0.717) is 12.6 Å². The third-order valence-electron chi connectivity index (χ3n) is 2.77. The van der Waals surface area contributed by atoms with E-state index < -0.39 is 5.60 Å². The van der Waals surface area contributed by atoms with Crippen LogP contribution in [-0.2, 0) is 4.74 Å². The van der Waals surface area contributed by atoms with E-state index in [0.717, 1.165) is 13.1 Å². The second-order valence-corrected chi connectivity index (χ2v) is 5.99. The van der Waals surface area contributed by atoms with Crippen molar-refractivity contribution >= 4 is 6.09 Å². The summed E-state index contributed by atoms with van der Waals surface area (Å²) in [7, 11) is 0. The Morgan fingerprint density at radius 1 is 1.50 bits per heavy atom. The molecule has 0 aromatic heterocycles. The van der Waals surface area contributed by atoms with Crippen LogP contribution in [0, 0.1) is 0 Å². The van der Waals surface area contributed by atoms with Crippen LogP contribution in [0.3, 0.4) is 0 Å². The molecule has 0 spiro atoms. The quantitative estimate of drug-likeness (QED) is 0.709. The smallest absolute Gasteiger partial charge is 0.407 e. The van der Waals surface area contributed by atoms with Gasteiger partial charge in [-0.05, 0) is 47.1 Å². The van der Waals surface area contributed by atoms with E-state index in [1.165, 1.54) is 12.8 Å². The minimum Gasteiger partial charge on any atom is -0.444 e. The van der Waals surface area contributed by atoms with Crippen molar-refractivity contribution in [2.24, 2.45) is 0 Å². The average molecular weight is 257 g/mol. The van der Waals surface area contributed by atoms with Gasteiger partial charge in [0.15, 0.2) is 0 Å². The molecule has 0 bridgehead atoms. The van der Waals surface area contributed by atoms with E-state index in [9.17, 15) is 4.79 Å². The van der Waals surface area contributed by atoms with Crippen LogP contribution in [-0.4, -0.2) is 43.4 Å². The summed E-state index contributed by atoms with van der Waals surface area (Å²) in [6.07, 6.45) is 2.06. The Labute approximate surface area is 110 Å². The van der Waals surface area contributed by atoms with Crippen molar-refractivity contribution in [3.05, 3.63) is 0 Å². The molecule has 18 heavy (non-hydrogen) atoms. The molecule has 0 radical (unpaired) electrons. The van der Waals surface area contributed by atoms with E-state index in [1.54, 1.807) is 0 Å². The van der Waals surface area contributed by atoms with E-state index in [2.05, 4.69) is 22.9 Å². The molecule has 1 aliphatic heterocycles. The van der Waals surface area contributed by atoms with Crippen molar-refractivity contribution in [1.29, 1.82) is 0 Å². The topological polar surface area (TPSA) is 62.4 Å². The minimum atomic E-state index is -0.436. The lowest BCUT2D eigenvalue weighted by atomic mass is 10.1. The average Bonchev–Trinajstić information content (AvgIpc) is 2.25. The highest BCUT2D eigenvalue weighted by Gasteiger charge is 2.18. The summed E-state index contributed by atoms with van der Waals surface area (Å²) < 4.78 is 5.19. The first-order valence-electron chi connectivity index (χ1n) is 6.80. The number of carbonyl (C=O) groups excluding carboxylic acids is 1. The van der Waals surface area contributed by atoms with Gasteiger partial charge >= 0.3 is 6.09 Å². The molecule has 5 nitrogen and oxygen atoms in total. The number of carbonyl (C=O) groups is 1. The molecule has 1 amide bonds. The second-order valence-electron chi connectivity index (χ2n) is 5.99. The molecule has 0 saturated carbocycles. The summed E-state index contributed by atoms with van der Waals surface area (Å²) in [4.78, 5) is 11.5. The van der Waals surface area contributed by atoms with E-state index in [4.69, 9.17) is 4.74 Å². The molecule has 1 aliphatic rings. The number of ether oxygens (including phenoxy) is 1. The number of hydrogen-bond acceptors (Lipinski definition) is 4. The van der Waals surface area contributed by atoms with Crippen LogP contribution in [0.5, 0.6) is 0 Å². The van der Waals surface area contributed by atoms with Gasteiger partial charge in [0, 0.05) is 25.2 Å². The minimum absolute atomic E-state index is 0.252. The van der Waals surface area contributed by atoms with Gasteiger partial charge in [-0.25, -0.2) is 4.79 Å². The molecule has 1 fully saturated rings. The molecule has 0 aromatic carbocycles. The monoisotopic (exact) mass is 257 g/mol. The van der Waals surface area contributed by atoms with Gasteiger partial charge in [0.2, 0.25) is 0 Å². The highest BCUT2D eigenvalue weighted by Crippen LogP contribution is 2.06. The Morgan fingerprint density at radius 2 is 2.22 bits per heavy atom. The summed E-state index contributed by atoms with van der Waals surface area (Å²) in [5, 5.41) is 9.65. The van der Waals surface area contributed by atoms with Gasteiger partial charge in [-0.15, -0.1) is 0 Å². The Morgan fingerprint density at radius 3 is 2.78 bits per heavy atom. The molecule has 5 heteroatoms. The predicted molar refractivity (Wildman–Crippen MR) is 72.7 cm³/mol. The van der Waals surface area contributed by atoms with Gasteiger partial charge in [-0.1, -0.05) is 0 Å². The third kappa shape index (κ3) is 6.81. The first-order valence-corrected chi connectivity index (χ1v) is 6.80. The first kappa shape index (κ1) is 15.2. The number of alkyl carbamates (subject to hydrolysis) is 1. The molecule has 0 aliphatic carbocycles. The van der Waals surface area contributed by atoms with Crippen LogP contribution < -0.4 is 16.0 Å². The molecule has 2 unspecified atom stereocenters. The molecular formula is C13H27N3O2. The normalized spacial score (nSPS) is 22.3. The lowest BCUT2D eigenvalue weighted by molar-refractivity contribution is 0.0522. The summed E-state index contributed by atoms with van der Waals surface area (Å²) in [6.45, 7) is 10.4. The zero-order valence-corrected chi connectivity index (χ0v) is 12.0. The molecule has 106 valence electrons. The lowest BCUT2D eigenvalue weighted by Crippen LogP contribution is -2.50. The highest BCUT2D eigenvalue weighted by molar-refractivity contribution is 5.67. The molecule has 0 aromatic rings. The van der Waals surface area contributed by atoms with Crippen LogP contribution >= 0.6 is 0 Å². The first-order chi connectivity index (χ1) is 8.37. The van der Waals surface area contributed by atoms with Gasteiger partial charge in [0.1, 0.15) is 5.60 Å². The Balaban J connectivity index is 2.16. The molecular weight excluding hydrogens is 230 g/mol. The second kappa shape index (κ2) is 6.95. The Hall–Kier alpha value is -0.810. The Kier molecular flexibility index (Phi) is 5.88. The number of rotatable bonds is 4. The molecule has 1 heterocycles. The summed E-state index contributed by atoms with van der Waals surface area (Å²) in [6, 6.07) is 0.761. The summed E-state index contributed by atoms with van der Waals surface area (Å²) >= 11 is 0. The van der Waals surface area contributed by atoms with Gasteiger partial charge in [-0.3, -0.25) is 0 Å². The fourth-order valence-electron chi connectivity index (χ4n) is 2.01. The van der Waals surface area contributed by atoms with Gasteiger partial charge in [0.05, 0.1) is 0 Å². The van der Waals surface area contributed by atoms with Crippen LogP contribution in [0.4, 0.5) is 4.79 Å². The number of hydrogen-bond donors (Lipinski definition) is 3. The van der Waals surface area contributed by atoms with E-state index >= 15 is 0 Å². The van der Waals surface area contributed by atoms with Crippen LogP contribution in [0.1, 0.15) is 40.5 Å². The molecule has 3 N–H and O–H groups in total. The van der Waals surface area contributed by atoms with Crippen molar-refractivity contribution in [2.45, 2.75) is 58.2 Å². The molecule has 2 atom stereocenters. The van der Waals surface area contributed by atoms with E-state index in [1.807, 2.05) is 20.8 Å². The number of amides is 1. The largest absolute Gasteiger partial charge is 0.444 e. The number of piperidine rings is 1. The summed E-state index contributed by atoms with van der Waals surface area (Å²) in [5.74, 6) is 0. The van der Waals surface area contributed by atoms with Crippen molar-refractivity contribution in [2.75, 3.05) is 19.6 Å². The fraction of sp³-hybridized carbons (Fsp3) is 0.923. The zero-order valence-electron chi connectivity index (χ0n) is 12.0. The van der Waals surface area contributed by atoms with E-state index in [-0.39, 0.29) is 12.1 Å². The van der Waals surface area contributed by atoms with Gasteiger partial charge in [-0.2, -0.15) is 0 Å². The third-order valence-corrected chi connectivity index (χ3v) is 2.77. The van der Waals surface area contributed by atoms with Crippen molar-refractivity contribution < 1.29 is 9.53 Å². The fourth-order valence-corrected chi connectivity index (χ4v) is 2.01. The maximum atomic E-state index is 11.5. The van der Waals surface area contributed by atoms with Gasteiger partial charge < -0.3 is 20.7 Å². The van der Waals surface area contributed by atoms with Gasteiger partial charge in [0.25, 0.3) is 0 Å². The van der Waals surface area contributed by atoms with Crippen LogP contribution in [0.2, 0.25) is 0 Å². The zero-order chi connectivity index (χ0) is 13.6. The van der Waals surface area contributed by atoms with Crippen molar-refractivity contribution in [3.8, 4) is 0 Å². The lowest BCUT2D eigenvalue weighted by Gasteiger charge is -2.27. The van der Waals surface area contributed by atoms with Crippen LogP contribution in [0.15, 0.2) is 0 Å². The van der Waals surface area contributed by atoms with Crippen LogP contribution in [0.25, 0.3) is 0 Å². The van der Waals surface area contributed by atoms with Crippen molar-refractivity contribution in [1.82, 2.24) is 16.0 Å². The molecule has 1 rings (SSSR count). The summed E-state index contributed by atoms with van der Waals surface area (Å²) in [5.41, 5.74) is -0.436.